The van der Waals surface area contributed by atoms with Crippen molar-refractivity contribution >= 4 is 5.97 Å². The summed E-state index contributed by atoms with van der Waals surface area (Å²) >= 11 is 0. The summed E-state index contributed by atoms with van der Waals surface area (Å²) in [6.45, 7) is 2.00. The van der Waals surface area contributed by atoms with Crippen molar-refractivity contribution < 1.29 is 14.6 Å². The predicted molar refractivity (Wildman–Crippen MR) is 71.5 cm³/mol. The lowest BCUT2D eigenvalue weighted by Gasteiger charge is -2.08. The lowest BCUT2D eigenvalue weighted by atomic mass is 9.99. The van der Waals surface area contributed by atoms with E-state index in [2.05, 4.69) is 5.10 Å². The molecule has 5 heteroatoms. The van der Waals surface area contributed by atoms with E-state index in [1.54, 1.807) is 16.8 Å². The number of rotatable bonds is 4. The number of methoxy groups -OCH3 is 1. The van der Waals surface area contributed by atoms with Gasteiger partial charge in [0.15, 0.2) is 0 Å². The second kappa shape index (κ2) is 5.14. The van der Waals surface area contributed by atoms with Crippen LogP contribution in [0.2, 0.25) is 0 Å². The predicted octanol–water partition coefficient (Wildman–Crippen LogP) is 2.36. The highest BCUT2D eigenvalue weighted by molar-refractivity contribution is 5.96. The summed E-state index contributed by atoms with van der Waals surface area (Å²) in [4.78, 5) is 11.4. The van der Waals surface area contributed by atoms with Crippen LogP contribution in [0.5, 0.6) is 5.75 Å². The number of ether oxygens (including phenoxy) is 1. The third-order valence-corrected chi connectivity index (χ3v) is 2.99. The van der Waals surface area contributed by atoms with Gasteiger partial charge < -0.3 is 9.84 Å². The van der Waals surface area contributed by atoms with Crippen molar-refractivity contribution in [2.45, 2.75) is 13.3 Å². The van der Waals surface area contributed by atoms with Gasteiger partial charge in [-0.15, -0.1) is 0 Å². The number of carboxylic acid groups (broad SMARTS) is 1. The van der Waals surface area contributed by atoms with Crippen LogP contribution in [0.1, 0.15) is 23.0 Å². The molecule has 0 aliphatic rings. The first-order valence-corrected chi connectivity index (χ1v) is 6.01. The molecule has 100 valence electrons. The number of aromatic carboxylic acids is 1. The van der Waals surface area contributed by atoms with E-state index in [1.807, 2.05) is 20.2 Å². The zero-order valence-electron chi connectivity index (χ0n) is 11.2. The summed E-state index contributed by atoms with van der Waals surface area (Å²) in [6.07, 6.45) is 2.59. The molecule has 5 nitrogen and oxygen atoms in total. The Balaban J connectivity index is 2.63. The van der Waals surface area contributed by atoms with Crippen LogP contribution in [0.3, 0.4) is 0 Å². The van der Waals surface area contributed by atoms with Gasteiger partial charge in [-0.2, -0.15) is 5.10 Å². The smallest absolute Gasteiger partial charge is 0.336 e. The van der Waals surface area contributed by atoms with Crippen molar-refractivity contribution in [3.05, 3.63) is 35.7 Å². The molecule has 0 bridgehead atoms. The van der Waals surface area contributed by atoms with Gasteiger partial charge in [0.05, 0.1) is 18.4 Å². The van der Waals surface area contributed by atoms with Crippen LogP contribution in [-0.2, 0) is 13.5 Å². The first-order valence-electron chi connectivity index (χ1n) is 6.01. The summed E-state index contributed by atoms with van der Waals surface area (Å²) in [5.74, 6) is -0.442. The fourth-order valence-electron chi connectivity index (χ4n) is 2.08. The van der Waals surface area contributed by atoms with Crippen molar-refractivity contribution in [1.29, 1.82) is 0 Å². The highest BCUT2D eigenvalue weighted by atomic mass is 16.5. The Hall–Kier alpha value is -2.30. The Morgan fingerprint density at radius 1 is 1.42 bits per heavy atom. The highest BCUT2D eigenvalue weighted by Gasteiger charge is 2.17. The third kappa shape index (κ3) is 2.45. The van der Waals surface area contributed by atoms with E-state index in [-0.39, 0.29) is 5.56 Å². The maximum absolute atomic E-state index is 11.4. The van der Waals surface area contributed by atoms with Crippen LogP contribution in [0.15, 0.2) is 24.4 Å². The number of hydrogen-bond acceptors (Lipinski definition) is 3. The molecular formula is C14H16N2O3. The Morgan fingerprint density at radius 3 is 2.74 bits per heavy atom. The largest absolute Gasteiger partial charge is 0.497 e. The average Bonchev–Trinajstić information content (AvgIpc) is 2.79. The molecule has 0 fully saturated rings. The number of hydrogen-bond donors (Lipinski definition) is 1. The number of nitrogens with zero attached hydrogens (tertiary/aromatic N) is 2. The molecule has 1 N–H and O–H groups in total. The van der Waals surface area contributed by atoms with Crippen LogP contribution >= 0.6 is 0 Å². The Kier molecular flexibility index (Phi) is 3.55. The topological polar surface area (TPSA) is 64.4 Å². The maximum Gasteiger partial charge on any atom is 0.336 e. The maximum atomic E-state index is 11.4. The van der Waals surface area contributed by atoms with Gasteiger partial charge in [-0.05, 0) is 30.2 Å². The van der Waals surface area contributed by atoms with Crippen LogP contribution in [-0.4, -0.2) is 28.0 Å². The summed E-state index contributed by atoms with van der Waals surface area (Å²) in [5, 5.41) is 13.7. The molecule has 0 aliphatic carbocycles. The van der Waals surface area contributed by atoms with Gasteiger partial charge in [0.2, 0.25) is 0 Å². The van der Waals surface area contributed by atoms with Crippen molar-refractivity contribution in [1.82, 2.24) is 9.78 Å². The number of aryl methyl sites for hydroxylation is 2. The fourth-order valence-corrected chi connectivity index (χ4v) is 2.08. The minimum absolute atomic E-state index is 0.224. The molecule has 1 aromatic heterocycles. The van der Waals surface area contributed by atoms with Gasteiger partial charge in [-0.3, -0.25) is 4.68 Å². The van der Waals surface area contributed by atoms with Gasteiger partial charge in [-0.1, -0.05) is 6.92 Å². The number of aromatic nitrogens is 2. The van der Waals surface area contributed by atoms with E-state index in [4.69, 9.17) is 4.74 Å². The molecule has 0 aliphatic heterocycles. The zero-order valence-corrected chi connectivity index (χ0v) is 11.2. The van der Waals surface area contributed by atoms with Gasteiger partial charge >= 0.3 is 5.97 Å². The molecule has 1 aromatic carbocycles. The van der Waals surface area contributed by atoms with Crippen molar-refractivity contribution in [3.63, 3.8) is 0 Å². The van der Waals surface area contributed by atoms with E-state index in [9.17, 15) is 9.90 Å². The lowest BCUT2D eigenvalue weighted by Crippen LogP contribution is -2.01. The molecule has 1 heterocycles. The van der Waals surface area contributed by atoms with E-state index < -0.39 is 5.97 Å². The molecule has 2 aromatic rings. The standard InChI is InChI=1S/C14H16N2O3/c1-4-13-12(8-16(2)15-13)10-6-5-9(19-3)7-11(10)14(17)18/h5-8H,4H2,1-3H3,(H,17,18). The quantitative estimate of drug-likeness (QED) is 0.916. The summed E-state index contributed by atoms with van der Waals surface area (Å²) in [6, 6.07) is 5.05. The molecule has 0 saturated heterocycles. The van der Waals surface area contributed by atoms with E-state index in [0.717, 1.165) is 17.7 Å². The Morgan fingerprint density at radius 2 is 2.16 bits per heavy atom. The lowest BCUT2D eigenvalue weighted by molar-refractivity contribution is 0.0697. The molecule has 0 amide bonds. The van der Waals surface area contributed by atoms with Gasteiger partial charge in [0.1, 0.15) is 5.75 Å². The SMILES string of the molecule is CCc1nn(C)cc1-c1ccc(OC)cc1C(=O)O. The van der Waals surface area contributed by atoms with Crippen LogP contribution in [0.4, 0.5) is 0 Å². The average molecular weight is 260 g/mol. The molecule has 0 radical (unpaired) electrons. The number of benzene rings is 1. The second-order valence-electron chi connectivity index (χ2n) is 4.23. The molecule has 0 atom stereocenters. The number of carboxylic acids is 1. The molecule has 0 saturated carbocycles. The highest BCUT2D eigenvalue weighted by Crippen LogP contribution is 2.29. The van der Waals surface area contributed by atoms with Crippen LogP contribution in [0, 0.1) is 0 Å². The van der Waals surface area contributed by atoms with Crippen molar-refractivity contribution in [2.75, 3.05) is 7.11 Å². The van der Waals surface area contributed by atoms with Gasteiger partial charge in [0.25, 0.3) is 0 Å². The minimum Gasteiger partial charge on any atom is -0.497 e. The monoisotopic (exact) mass is 260 g/mol. The Labute approximate surface area is 111 Å². The van der Waals surface area contributed by atoms with E-state index in [1.165, 1.54) is 13.2 Å². The third-order valence-electron chi connectivity index (χ3n) is 2.99. The number of carbonyl (C=O) groups is 1. The van der Waals surface area contributed by atoms with E-state index in [0.29, 0.717) is 11.3 Å². The molecule has 19 heavy (non-hydrogen) atoms. The molecular weight excluding hydrogens is 244 g/mol. The van der Waals surface area contributed by atoms with Crippen molar-refractivity contribution in [3.8, 4) is 16.9 Å². The molecule has 0 unspecified atom stereocenters. The zero-order chi connectivity index (χ0) is 14.0. The normalized spacial score (nSPS) is 10.5. The summed E-state index contributed by atoms with van der Waals surface area (Å²) < 4.78 is 6.77. The van der Waals surface area contributed by atoms with Gasteiger partial charge in [0, 0.05) is 18.8 Å². The Bertz CT molecular complexity index is 617. The van der Waals surface area contributed by atoms with E-state index >= 15 is 0 Å². The van der Waals surface area contributed by atoms with Crippen molar-refractivity contribution in [2.24, 2.45) is 7.05 Å². The minimum atomic E-state index is -0.972. The molecule has 0 spiro atoms. The summed E-state index contributed by atoms with van der Waals surface area (Å²) in [7, 11) is 3.34. The first kappa shape index (κ1) is 13.1. The second-order valence-corrected chi connectivity index (χ2v) is 4.23. The van der Waals surface area contributed by atoms with Crippen LogP contribution < -0.4 is 4.74 Å². The van der Waals surface area contributed by atoms with Gasteiger partial charge in [-0.25, -0.2) is 4.79 Å². The molecule has 2 rings (SSSR count). The summed E-state index contributed by atoms with van der Waals surface area (Å²) in [5.41, 5.74) is 2.63. The first-order chi connectivity index (χ1) is 9.06. The fraction of sp³-hybridized carbons (Fsp3) is 0.286. The van der Waals surface area contributed by atoms with Crippen LogP contribution in [0.25, 0.3) is 11.1 Å².